The molecule has 3 heterocycles. The largest absolute Gasteiger partial charge is 0.486 e. The first-order valence-electron chi connectivity index (χ1n) is 11.3. The maximum atomic E-state index is 5.91. The van der Waals surface area contributed by atoms with Crippen LogP contribution >= 0.6 is 11.9 Å². The van der Waals surface area contributed by atoms with Gasteiger partial charge in [0.25, 0.3) is 0 Å². The van der Waals surface area contributed by atoms with Crippen molar-refractivity contribution in [2.24, 2.45) is 7.05 Å². The number of rotatable bonds is 6. The van der Waals surface area contributed by atoms with Crippen LogP contribution in [0.5, 0.6) is 11.5 Å². The second-order valence-electron chi connectivity index (χ2n) is 8.93. The fourth-order valence-corrected chi connectivity index (χ4v) is 5.92. The van der Waals surface area contributed by atoms with Gasteiger partial charge in [-0.05, 0) is 54.7 Å². The number of aromatic nitrogens is 1. The zero-order valence-corrected chi connectivity index (χ0v) is 18.7. The van der Waals surface area contributed by atoms with Gasteiger partial charge in [0.15, 0.2) is 11.5 Å². The number of hydrogen-bond donors (Lipinski definition) is 1. The van der Waals surface area contributed by atoms with Gasteiger partial charge in [0.1, 0.15) is 13.2 Å². The second-order valence-corrected chi connectivity index (χ2v) is 10.1. The van der Waals surface area contributed by atoms with Crippen LogP contribution in [0.1, 0.15) is 36.4 Å². The van der Waals surface area contributed by atoms with Crippen molar-refractivity contribution >= 4 is 22.9 Å². The quantitative estimate of drug-likeness (QED) is 0.570. The third kappa shape index (κ3) is 3.81. The normalized spacial score (nSPS) is 23.5. The fourth-order valence-electron chi connectivity index (χ4n) is 4.94. The zero-order valence-electron chi connectivity index (χ0n) is 17.9. The number of ether oxygens (including phenoxy) is 2. The van der Waals surface area contributed by atoms with Crippen molar-refractivity contribution in [1.82, 2.24) is 14.2 Å². The van der Waals surface area contributed by atoms with E-state index >= 15 is 0 Å². The van der Waals surface area contributed by atoms with Gasteiger partial charge in [-0.1, -0.05) is 30.1 Å². The third-order valence-electron chi connectivity index (χ3n) is 6.71. The molecule has 0 bridgehead atoms. The molecular weight excluding hydrogens is 406 g/mol. The van der Waals surface area contributed by atoms with E-state index in [1.54, 1.807) is 0 Å². The maximum absolute atomic E-state index is 5.91. The van der Waals surface area contributed by atoms with Crippen LogP contribution in [-0.2, 0) is 13.6 Å². The highest BCUT2D eigenvalue weighted by Gasteiger charge is 2.37. The lowest BCUT2D eigenvalue weighted by atomic mass is 9.99. The monoisotopic (exact) mass is 435 g/mol. The summed E-state index contributed by atoms with van der Waals surface area (Å²) in [7, 11) is 2.12. The minimum atomic E-state index is 0.320. The van der Waals surface area contributed by atoms with Crippen molar-refractivity contribution in [3.8, 4) is 11.5 Å². The Kier molecular flexibility index (Phi) is 5.09. The molecule has 3 aromatic rings. The summed E-state index contributed by atoms with van der Waals surface area (Å²) in [5.74, 6) is 1.75. The molecule has 6 rings (SSSR count). The van der Waals surface area contributed by atoms with Gasteiger partial charge in [-0.15, -0.1) is 0 Å². The summed E-state index contributed by atoms with van der Waals surface area (Å²) >= 11 is 1.95. The Morgan fingerprint density at radius 1 is 1.03 bits per heavy atom. The number of aryl methyl sites for hydroxylation is 1. The lowest BCUT2D eigenvalue weighted by molar-refractivity contribution is 0.170. The predicted octanol–water partition coefficient (Wildman–Crippen LogP) is 4.67. The number of benzene rings is 2. The summed E-state index contributed by atoms with van der Waals surface area (Å²) in [5.41, 5.74) is 4.01. The lowest BCUT2D eigenvalue weighted by Gasteiger charge is -2.30. The van der Waals surface area contributed by atoms with E-state index in [2.05, 4.69) is 69.9 Å². The van der Waals surface area contributed by atoms with E-state index in [1.807, 2.05) is 11.9 Å². The minimum absolute atomic E-state index is 0.320. The molecule has 1 saturated carbocycles. The van der Waals surface area contributed by atoms with Crippen LogP contribution in [0, 0.1) is 0 Å². The van der Waals surface area contributed by atoms with Crippen LogP contribution in [0.2, 0.25) is 0 Å². The van der Waals surface area contributed by atoms with Gasteiger partial charge in [0, 0.05) is 48.5 Å². The van der Waals surface area contributed by atoms with Crippen molar-refractivity contribution < 1.29 is 9.47 Å². The molecule has 1 aromatic heterocycles. The molecule has 6 heteroatoms. The second kappa shape index (κ2) is 8.08. The van der Waals surface area contributed by atoms with Gasteiger partial charge in [-0.25, -0.2) is 0 Å². The minimum Gasteiger partial charge on any atom is -0.486 e. The molecule has 31 heavy (non-hydrogen) atoms. The highest BCUT2D eigenvalue weighted by molar-refractivity contribution is 7.98. The van der Waals surface area contributed by atoms with Crippen molar-refractivity contribution in [1.29, 1.82) is 0 Å². The standard InChI is InChI=1S/C25H29N3O2S/c1-27-11-9-20-18(3-2-4-22(20)27)16-28-12-10-21(26-31-19-6-7-19)25(28)17-5-8-23-24(15-17)30-14-13-29-23/h2-5,8-9,11,15,19,21,25-26H,6-7,10,12-14,16H2,1H3/t21-,25?/m0/s1. The molecule has 1 unspecified atom stereocenters. The SMILES string of the molecule is Cn1ccc2c(CN3CC[C@H](NSC4CC4)C3c3ccc4c(c3)OCCO4)cccc21. The Hall–Kier alpha value is -2.15. The first-order chi connectivity index (χ1) is 15.3. The molecule has 2 aromatic carbocycles. The van der Waals surface area contributed by atoms with Gasteiger partial charge in [-0.2, -0.15) is 0 Å². The van der Waals surface area contributed by atoms with Gasteiger partial charge in [0.2, 0.25) is 0 Å². The summed E-state index contributed by atoms with van der Waals surface area (Å²) in [6, 6.07) is 16.2. The average Bonchev–Trinajstić information content (AvgIpc) is 3.44. The van der Waals surface area contributed by atoms with E-state index in [0.717, 1.165) is 36.3 Å². The van der Waals surface area contributed by atoms with E-state index in [-0.39, 0.29) is 0 Å². The Bertz CT molecular complexity index is 1090. The number of likely N-dealkylation sites (tertiary alicyclic amines) is 1. The number of nitrogens with one attached hydrogen (secondary N) is 1. The van der Waals surface area contributed by atoms with E-state index in [4.69, 9.17) is 9.47 Å². The molecule has 0 radical (unpaired) electrons. The van der Waals surface area contributed by atoms with Gasteiger partial charge in [0.05, 0.1) is 6.04 Å². The van der Waals surface area contributed by atoms with Crippen molar-refractivity contribution in [2.45, 2.75) is 43.1 Å². The van der Waals surface area contributed by atoms with Crippen LogP contribution in [-0.4, -0.2) is 40.5 Å². The molecule has 1 aliphatic carbocycles. The summed E-state index contributed by atoms with van der Waals surface area (Å²) in [6.45, 7) is 3.29. The Morgan fingerprint density at radius 2 is 1.90 bits per heavy atom. The first kappa shape index (κ1) is 19.5. The Balaban J connectivity index is 1.31. The summed E-state index contributed by atoms with van der Waals surface area (Å²) < 4.78 is 17.7. The molecular formula is C25H29N3O2S. The molecule has 2 aliphatic heterocycles. The molecule has 2 atom stereocenters. The molecule has 1 N–H and O–H groups in total. The number of nitrogens with zero attached hydrogens (tertiary/aromatic N) is 2. The van der Waals surface area contributed by atoms with Crippen LogP contribution in [0.25, 0.3) is 10.9 Å². The van der Waals surface area contributed by atoms with Crippen LogP contribution in [0.3, 0.4) is 0 Å². The van der Waals surface area contributed by atoms with Gasteiger partial charge >= 0.3 is 0 Å². The van der Waals surface area contributed by atoms with E-state index < -0.39 is 0 Å². The molecule has 162 valence electrons. The van der Waals surface area contributed by atoms with Crippen LogP contribution in [0.4, 0.5) is 0 Å². The highest BCUT2D eigenvalue weighted by atomic mass is 32.2. The van der Waals surface area contributed by atoms with Crippen molar-refractivity contribution in [3.63, 3.8) is 0 Å². The summed E-state index contributed by atoms with van der Waals surface area (Å²) in [5, 5.41) is 2.16. The van der Waals surface area contributed by atoms with E-state index in [9.17, 15) is 0 Å². The zero-order chi connectivity index (χ0) is 20.8. The van der Waals surface area contributed by atoms with Gasteiger partial charge in [-0.3, -0.25) is 9.62 Å². The van der Waals surface area contributed by atoms with E-state index in [1.165, 1.54) is 34.9 Å². The highest BCUT2D eigenvalue weighted by Crippen LogP contribution is 2.41. The van der Waals surface area contributed by atoms with E-state index in [0.29, 0.717) is 25.3 Å². The molecule has 2 fully saturated rings. The molecule has 1 saturated heterocycles. The molecule has 3 aliphatic rings. The Morgan fingerprint density at radius 3 is 2.77 bits per heavy atom. The maximum Gasteiger partial charge on any atom is 0.161 e. The number of hydrogen-bond acceptors (Lipinski definition) is 5. The predicted molar refractivity (Wildman–Crippen MR) is 126 cm³/mol. The smallest absolute Gasteiger partial charge is 0.161 e. The topological polar surface area (TPSA) is 38.7 Å². The van der Waals surface area contributed by atoms with Gasteiger partial charge < -0.3 is 14.0 Å². The molecule has 0 amide bonds. The molecule has 5 nitrogen and oxygen atoms in total. The van der Waals surface area contributed by atoms with Crippen LogP contribution in [0.15, 0.2) is 48.7 Å². The Labute approximate surface area is 187 Å². The summed E-state index contributed by atoms with van der Waals surface area (Å²) in [6.07, 6.45) is 6.01. The average molecular weight is 436 g/mol. The fraction of sp³-hybridized carbons (Fsp3) is 0.440. The number of fused-ring (bicyclic) bond motifs is 2. The van der Waals surface area contributed by atoms with Crippen LogP contribution < -0.4 is 14.2 Å². The summed E-state index contributed by atoms with van der Waals surface area (Å²) in [4.78, 5) is 2.64. The lowest BCUT2D eigenvalue weighted by Crippen LogP contribution is -2.33. The van der Waals surface area contributed by atoms with Crippen molar-refractivity contribution in [3.05, 3.63) is 59.8 Å². The first-order valence-corrected chi connectivity index (χ1v) is 12.2. The molecule has 0 spiro atoms. The third-order valence-corrected chi connectivity index (χ3v) is 7.96. The van der Waals surface area contributed by atoms with Crippen molar-refractivity contribution in [2.75, 3.05) is 19.8 Å².